The van der Waals surface area contributed by atoms with E-state index in [0.717, 1.165) is 4.47 Å². The summed E-state index contributed by atoms with van der Waals surface area (Å²) in [5.41, 5.74) is 2.29. The summed E-state index contributed by atoms with van der Waals surface area (Å²) in [5.74, 6) is -0.864. The molecular weight excluding hydrogens is 451 g/mol. The van der Waals surface area contributed by atoms with E-state index in [9.17, 15) is 17.6 Å². The number of rotatable bonds is 6. The van der Waals surface area contributed by atoms with E-state index in [1.165, 1.54) is 50.6 Å². The molecule has 33 heavy (non-hydrogen) atoms. The number of hydrogen-bond donors (Lipinski definition) is 1. The number of nitrogens with one attached hydrogen (secondary N) is 1. The minimum Gasteiger partial charge on any atom is -0.335 e. The number of carbonyl (C=O) groups excluding carboxylic acids is 1. The predicted octanol–water partition coefficient (Wildman–Crippen LogP) is 3.77. The molecule has 2 aromatic heterocycles. The van der Waals surface area contributed by atoms with Gasteiger partial charge in [-0.05, 0) is 61.5 Å². The second kappa shape index (κ2) is 8.70. The Bertz CT molecular complexity index is 1430. The van der Waals surface area contributed by atoms with Gasteiger partial charge >= 0.3 is 0 Å². The number of aromatic nitrogens is 2. The summed E-state index contributed by atoms with van der Waals surface area (Å²) < 4.78 is 44.0. The van der Waals surface area contributed by atoms with Crippen molar-refractivity contribution >= 4 is 32.7 Å². The minimum absolute atomic E-state index is 0.00428. The van der Waals surface area contributed by atoms with Gasteiger partial charge in [0.1, 0.15) is 5.82 Å². The lowest BCUT2D eigenvalue weighted by Crippen LogP contribution is -2.25. The first-order valence-corrected chi connectivity index (χ1v) is 11.1. The molecule has 0 aliphatic carbocycles. The molecule has 0 aliphatic heterocycles. The average Bonchev–Trinajstić information content (AvgIpc) is 3.19. The Morgan fingerprint density at radius 3 is 2.42 bits per heavy atom. The number of sulfonamides is 1. The van der Waals surface area contributed by atoms with Gasteiger partial charge in [0.25, 0.3) is 21.6 Å². The molecule has 4 rings (SSSR count). The molecule has 0 bridgehead atoms. The number of anilines is 1. The molecule has 0 aliphatic rings. The zero-order valence-electron chi connectivity index (χ0n) is 17.9. The van der Waals surface area contributed by atoms with Crippen LogP contribution in [0.1, 0.15) is 16.1 Å². The van der Waals surface area contributed by atoms with E-state index in [-0.39, 0.29) is 16.2 Å². The number of hydroxylamine groups is 1. The number of amides is 1. The number of benzene rings is 2. The monoisotopic (exact) mass is 470 g/mol. The van der Waals surface area contributed by atoms with Crippen LogP contribution < -0.4 is 5.32 Å². The smallest absolute Gasteiger partial charge is 0.264 e. The van der Waals surface area contributed by atoms with Crippen LogP contribution in [0.15, 0.2) is 64.0 Å². The summed E-state index contributed by atoms with van der Waals surface area (Å²) in [5, 5.41) is 7.08. The Morgan fingerprint density at radius 2 is 1.79 bits per heavy atom. The van der Waals surface area contributed by atoms with Crippen molar-refractivity contribution < 1.29 is 27.0 Å². The van der Waals surface area contributed by atoms with Crippen LogP contribution >= 0.6 is 0 Å². The molecule has 0 fully saturated rings. The fraction of sp³-hybridized carbons (Fsp3) is 0.136. The number of hydrogen-bond acceptors (Lipinski definition) is 7. The summed E-state index contributed by atoms with van der Waals surface area (Å²) >= 11 is 0. The van der Waals surface area contributed by atoms with Crippen LogP contribution in [0.5, 0.6) is 0 Å². The zero-order chi connectivity index (χ0) is 23.8. The van der Waals surface area contributed by atoms with E-state index < -0.39 is 21.7 Å². The molecule has 0 saturated heterocycles. The van der Waals surface area contributed by atoms with Crippen LogP contribution in [-0.2, 0) is 14.9 Å². The van der Waals surface area contributed by atoms with Crippen LogP contribution in [0.3, 0.4) is 0 Å². The molecule has 0 unspecified atom stereocenters. The second-order valence-electron chi connectivity index (χ2n) is 7.09. The third-order valence-electron chi connectivity index (χ3n) is 5.01. The maximum atomic E-state index is 13.3. The normalized spacial score (nSPS) is 11.8. The largest absolute Gasteiger partial charge is 0.335 e. The fourth-order valence-corrected chi connectivity index (χ4v) is 4.17. The molecule has 2 heterocycles. The highest BCUT2D eigenvalue weighted by Gasteiger charge is 2.22. The van der Waals surface area contributed by atoms with Gasteiger partial charge in [0.05, 0.1) is 34.3 Å². The van der Waals surface area contributed by atoms with Crippen molar-refractivity contribution in [3.63, 3.8) is 0 Å². The van der Waals surface area contributed by atoms with Crippen molar-refractivity contribution in [2.45, 2.75) is 11.8 Å². The number of nitrogens with zero attached hydrogens (tertiary/aromatic N) is 3. The van der Waals surface area contributed by atoms with Gasteiger partial charge in [0.15, 0.2) is 0 Å². The number of carbonyl (C=O) groups is 1. The quantitative estimate of drug-likeness (QED) is 0.427. The highest BCUT2D eigenvalue weighted by Crippen LogP contribution is 2.28. The van der Waals surface area contributed by atoms with Crippen molar-refractivity contribution in [3.8, 4) is 11.3 Å². The predicted molar refractivity (Wildman–Crippen MR) is 118 cm³/mol. The average molecular weight is 470 g/mol. The Hall–Kier alpha value is -3.67. The first-order valence-electron chi connectivity index (χ1n) is 9.68. The van der Waals surface area contributed by atoms with Crippen molar-refractivity contribution in [2.75, 3.05) is 19.5 Å². The molecule has 1 N–H and O–H groups in total. The van der Waals surface area contributed by atoms with Gasteiger partial charge in [-0.25, -0.2) is 17.8 Å². The number of pyridine rings is 1. The molecule has 4 aromatic rings. The molecule has 0 spiro atoms. The molecule has 0 saturated carbocycles. The number of aryl methyl sites for hydroxylation is 1. The topological polar surface area (TPSA) is 115 Å². The van der Waals surface area contributed by atoms with Crippen LogP contribution in [0.25, 0.3) is 22.4 Å². The number of halogens is 1. The maximum Gasteiger partial charge on any atom is 0.264 e. The summed E-state index contributed by atoms with van der Waals surface area (Å²) in [6, 6.07) is 12.9. The third-order valence-corrected chi connectivity index (χ3v) is 6.70. The summed E-state index contributed by atoms with van der Waals surface area (Å²) in [4.78, 5) is 22.3. The van der Waals surface area contributed by atoms with Crippen LogP contribution in [0.4, 0.5) is 10.1 Å². The first kappa shape index (κ1) is 22.5. The highest BCUT2D eigenvalue weighted by atomic mass is 32.2. The standard InChI is InChI=1S/C22H19FN4O5S/c1-13-20-18(12-19(25-22(20)32-26-13)14-4-6-15(23)7-5-14)21(28)24-16-8-10-17(11-9-16)33(29,30)27(2)31-3/h4-12H,1-3H3,(H,24,28). The van der Waals surface area contributed by atoms with Crippen LogP contribution in [0, 0.1) is 12.7 Å². The van der Waals surface area contributed by atoms with Crippen molar-refractivity contribution in [3.05, 3.63) is 71.7 Å². The van der Waals surface area contributed by atoms with Crippen LogP contribution in [-0.4, -0.2) is 43.1 Å². The molecule has 0 radical (unpaired) electrons. The van der Waals surface area contributed by atoms with Crippen molar-refractivity contribution in [1.82, 2.24) is 14.6 Å². The van der Waals surface area contributed by atoms with E-state index in [0.29, 0.717) is 28.0 Å². The highest BCUT2D eigenvalue weighted by molar-refractivity contribution is 7.89. The van der Waals surface area contributed by atoms with Gasteiger partial charge in [0.2, 0.25) is 0 Å². The first-order chi connectivity index (χ1) is 15.7. The lowest BCUT2D eigenvalue weighted by Gasteiger charge is -2.14. The molecule has 9 nitrogen and oxygen atoms in total. The number of fused-ring (bicyclic) bond motifs is 1. The van der Waals surface area contributed by atoms with E-state index in [1.807, 2.05) is 0 Å². The molecular formula is C22H19FN4O5S. The molecule has 1 amide bonds. The maximum absolute atomic E-state index is 13.3. The SMILES string of the molecule is CON(C)S(=O)(=O)c1ccc(NC(=O)c2cc(-c3ccc(F)cc3)nc3onc(C)c23)cc1. The van der Waals surface area contributed by atoms with Crippen molar-refractivity contribution in [2.24, 2.45) is 0 Å². The van der Waals surface area contributed by atoms with Gasteiger partial charge in [-0.15, -0.1) is 0 Å². The molecule has 170 valence electrons. The summed E-state index contributed by atoms with van der Waals surface area (Å²) in [7, 11) is -1.29. The Balaban J connectivity index is 1.68. The van der Waals surface area contributed by atoms with E-state index >= 15 is 0 Å². The lowest BCUT2D eigenvalue weighted by atomic mass is 10.0. The van der Waals surface area contributed by atoms with E-state index in [2.05, 4.69) is 15.5 Å². The van der Waals surface area contributed by atoms with E-state index in [1.54, 1.807) is 25.1 Å². The fourth-order valence-electron chi connectivity index (χ4n) is 3.20. The Kier molecular flexibility index (Phi) is 5.93. The lowest BCUT2D eigenvalue weighted by molar-refractivity contribution is -0.0258. The zero-order valence-corrected chi connectivity index (χ0v) is 18.7. The minimum atomic E-state index is -3.81. The van der Waals surface area contributed by atoms with Gasteiger partial charge in [-0.2, -0.15) is 0 Å². The summed E-state index contributed by atoms with van der Waals surface area (Å²) in [6.45, 7) is 1.69. The van der Waals surface area contributed by atoms with Gasteiger partial charge in [-0.1, -0.05) is 9.63 Å². The molecule has 2 aromatic carbocycles. The van der Waals surface area contributed by atoms with Gasteiger partial charge in [0, 0.05) is 18.3 Å². The third kappa shape index (κ3) is 4.33. The Morgan fingerprint density at radius 1 is 1.12 bits per heavy atom. The second-order valence-corrected chi connectivity index (χ2v) is 9.02. The summed E-state index contributed by atoms with van der Waals surface area (Å²) in [6.07, 6.45) is 0. The van der Waals surface area contributed by atoms with Crippen LogP contribution in [0.2, 0.25) is 0 Å². The van der Waals surface area contributed by atoms with Gasteiger partial charge < -0.3 is 9.84 Å². The van der Waals surface area contributed by atoms with Crippen molar-refractivity contribution in [1.29, 1.82) is 0 Å². The Labute approximate surface area is 188 Å². The molecule has 0 atom stereocenters. The van der Waals surface area contributed by atoms with Gasteiger partial charge in [-0.3, -0.25) is 9.63 Å². The van der Waals surface area contributed by atoms with E-state index in [4.69, 9.17) is 9.36 Å². The molecule has 11 heteroatoms.